The minimum absolute atomic E-state index is 0.0890. The van der Waals surface area contributed by atoms with Gasteiger partial charge in [0.2, 0.25) is 0 Å². The highest BCUT2D eigenvalue weighted by Gasteiger charge is 2.07. The Labute approximate surface area is 137 Å². The summed E-state index contributed by atoms with van der Waals surface area (Å²) in [5.74, 6) is -0.0890. The molecule has 0 saturated heterocycles. The number of carbonyl (C=O) groups excluding carboxylic acids is 1. The molecule has 2 aromatic carbocycles. The Morgan fingerprint density at radius 2 is 1.70 bits per heavy atom. The summed E-state index contributed by atoms with van der Waals surface area (Å²) in [6.45, 7) is 5.66. The molecule has 2 N–H and O–H groups in total. The number of nitrogens with one attached hydrogen (secondary N) is 2. The first-order valence-electron chi connectivity index (χ1n) is 7.81. The number of hydrogen-bond acceptors (Lipinski definition) is 3. The summed E-state index contributed by atoms with van der Waals surface area (Å²) in [6, 6.07) is 13.5. The van der Waals surface area contributed by atoms with Crippen molar-refractivity contribution in [1.29, 1.82) is 0 Å². The summed E-state index contributed by atoms with van der Waals surface area (Å²) < 4.78 is 5.01. The Kier molecular flexibility index (Phi) is 6.18. The molecule has 0 bridgehead atoms. The van der Waals surface area contributed by atoms with E-state index in [4.69, 9.17) is 4.74 Å². The van der Waals surface area contributed by atoms with E-state index in [-0.39, 0.29) is 5.91 Å². The molecule has 122 valence electrons. The number of carbonyl (C=O) groups is 1. The first-order chi connectivity index (χ1) is 11.1. The molecule has 0 unspecified atom stereocenters. The lowest BCUT2D eigenvalue weighted by molar-refractivity contribution is 0.102. The number of aryl methyl sites for hydroxylation is 2. The standard InChI is InChI=1S/C19H24N2O2/c1-14-5-6-16(13-15(14)2)19(22)21-18-9-7-17(8-10-18)20-11-4-12-23-3/h5-10,13,20H,4,11-12H2,1-3H3,(H,21,22). The number of rotatable bonds is 7. The van der Waals surface area contributed by atoms with Crippen molar-refractivity contribution in [3.8, 4) is 0 Å². The fraction of sp³-hybridized carbons (Fsp3) is 0.316. The number of ether oxygens (including phenoxy) is 1. The number of anilines is 2. The van der Waals surface area contributed by atoms with Gasteiger partial charge in [-0.1, -0.05) is 6.07 Å². The van der Waals surface area contributed by atoms with Gasteiger partial charge in [-0.25, -0.2) is 0 Å². The molecule has 2 aromatic rings. The van der Waals surface area contributed by atoms with E-state index in [1.54, 1.807) is 7.11 Å². The smallest absolute Gasteiger partial charge is 0.255 e. The van der Waals surface area contributed by atoms with Crippen LogP contribution in [-0.4, -0.2) is 26.2 Å². The highest BCUT2D eigenvalue weighted by Crippen LogP contribution is 2.16. The van der Waals surface area contributed by atoms with Crippen LogP contribution in [0.25, 0.3) is 0 Å². The van der Waals surface area contributed by atoms with Gasteiger partial charge in [-0.3, -0.25) is 4.79 Å². The highest BCUT2D eigenvalue weighted by atomic mass is 16.5. The van der Waals surface area contributed by atoms with Crippen LogP contribution in [0.1, 0.15) is 27.9 Å². The zero-order valence-corrected chi connectivity index (χ0v) is 14.0. The zero-order chi connectivity index (χ0) is 16.7. The van der Waals surface area contributed by atoms with Crippen molar-refractivity contribution in [2.45, 2.75) is 20.3 Å². The molecule has 0 saturated carbocycles. The predicted octanol–water partition coefficient (Wildman–Crippen LogP) is 4.00. The normalized spacial score (nSPS) is 10.4. The lowest BCUT2D eigenvalue weighted by Gasteiger charge is -2.09. The molecule has 0 spiro atoms. The van der Waals surface area contributed by atoms with Crippen molar-refractivity contribution < 1.29 is 9.53 Å². The number of hydrogen-bond donors (Lipinski definition) is 2. The third-order valence-electron chi connectivity index (χ3n) is 3.77. The molecule has 1 amide bonds. The molecule has 0 aliphatic rings. The van der Waals surface area contributed by atoms with E-state index in [0.717, 1.165) is 36.5 Å². The molecule has 0 atom stereocenters. The van der Waals surface area contributed by atoms with Crippen LogP contribution in [-0.2, 0) is 4.74 Å². The lowest BCUT2D eigenvalue weighted by Crippen LogP contribution is -2.12. The Morgan fingerprint density at radius 1 is 1.00 bits per heavy atom. The van der Waals surface area contributed by atoms with Gasteiger partial charge in [0.05, 0.1) is 0 Å². The van der Waals surface area contributed by atoms with Crippen LogP contribution in [0.3, 0.4) is 0 Å². The van der Waals surface area contributed by atoms with Crippen LogP contribution in [0.4, 0.5) is 11.4 Å². The van der Waals surface area contributed by atoms with Gasteiger partial charge in [0.15, 0.2) is 0 Å². The summed E-state index contributed by atoms with van der Waals surface area (Å²) in [6.07, 6.45) is 0.960. The van der Waals surface area contributed by atoms with Crippen molar-refractivity contribution in [3.05, 3.63) is 59.2 Å². The number of amides is 1. The maximum Gasteiger partial charge on any atom is 0.255 e. The Hall–Kier alpha value is -2.33. The summed E-state index contributed by atoms with van der Waals surface area (Å²) in [7, 11) is 1.70. The predicted molar refractivity (Wildman–Crippen MR) is 95.3 cm³/mol. The van der Waals surface area contributed by atoms with Gasteiger partial charge in [0, 0.05) is 37.2 Å². The van der Waals surface area contributed by atoms with Crippen molar-refractivity contribution in [1.82, 2.24) is 0 Å². The largest absolute Gasteiger partial charge is 0.385 e. The van der Waals surface area contributed by atoms with E-state index >= 15 is 0 Å². The van der Waals surface area contributed by atoms with Crippen LogP contribution >= 0.6 is 0 Å². The number of benzene rings is 2. The Bertz CT molecular complexity index is 651. The molecule has 0 radical (unpaired) electrons. The summed E-state index contributed by atoms with van der Waals surface area (Å²) >= 11 is 0. The van der Waals surface area contributed by atoms with Crippen LogP contribution < -0.4 is 10.6 Å². The van der Waals surface area contributed by atoms with Crippen molar-refractivity contribution >= 4 is 17.3 Å². The molecule has 4 nitrogen and oxygen atoms in total. The van der Waals surface area contributed by atoms with E-state index < -0.39 is 0 Å². The van der Waals surface area contributed by atoms with E-state index in [1.807, 2.05) is 56.3 Å². The molecule has 0 aromatic heterocycles. The van der Waals surface area contributed by atoms with Gasteiger partial charge in [-0.2, -0.15) is 0 Å². The summed E-state index contributed by atoms with van der Waals surface area (Å²) in [5.41, 5.74) is 4.80. The van der Waals surface area contributed by atoms with Gasteiger partial charge < -0.3 is 15.4 Å². The molecular formula is C19H24N2O2. The quantitative estimate of drug-likeness (QED) is 0.760. The van der Waals surface area contributed by atoms with E-state index in [9.17, 15) is 4.79 Å². The van der Waals surface area contributed by atoms with Crippen molar-refractivity contribution in [2.24, 2.45) is 0 Å². The van der Waals surface area contributed by atoms with Crippen LogP contribution in [0.2, 0.25) is 0 Å². The second kappa shape index (κ2) is 8.34. The Morgan fingerprint density at radius 3 is 2.35 bits per heavy atom. The molecule has 0 aliphatic heterocycles. The topological polar surface area (TPSA) is 50.4 Å². The van der Waals surface area contributed by atoms with Gasteiger partial charge in [0.1, 0.15) is 0 Å². The van der Waals surface area contributed by atoms with E-state index in [2.05, 4.69) is 10.6 Å². The summed E-state index contributed by atoms with van der Waals surface area (Å²) in [4.78, 5) is 12.3. The van der Waals surface area contributed by atoms with Crippen LogP contribution in [0.5, 0.6) is 0 Å². The average Bonchev–Trinajstić information content (AvgIpc) is 2.55. The van der Waals surface area contributed by atoms with Gasteiger partial charge >= 0.3 is 0 Å². The van der Waals surface area contributed by atoms with E-state index in [0.29, 0.717) is 5.56 Å². The van der Waals surface area contributed by atoms with Gasteiger partial charge in [-0.15, -0.1) is 0 Å². The molecular weight excluding hydrogens is 288 g/mol. The molecule has 4 heteroatoms. The Balaban J connectivity index is 1.92. The zero-order valence-electron chi connectivity index (χ0n) is 14.0. The third-order valence-corrected chi connectivity index (χ3v) is 3.77. The average molecular weight is 312 g/mol. The minimum atomic E-state index is -0.0890. The molecule has 0 heterocycles. The monoisotopic (exact) mass is 312 g/mol. The SMILES string of the molecule is COCCCNc1ccc(NC(=O)c2ccc(C)c(C)c2)cc1. The fourth-order valence-corrected chi connectivity index (χ4v) is 2.21. The first kappa shape index (κ1) is 17.0. The van der Waals surface area contributed by atoms with Gasteiger partial charge in [0.25, 0.3) is 5.91 Å². The first-order valence-corrected chi connectivity index (χ1v) is 7.81. The third kappa shape index (κ3) is 5.11. The lowest BCUT2D eigenvalue weighted by atomic mass is 10.1. The second-order valence-electron chi connectivity index (χ2n) is 5.60. The fourth-order valence-electron chi connectivity index (χ4n) is 2.21. The molecule has 2 rings (SSSR count). The second-order valence-corrected chi connectivity index (χ2v) is 5.60. The molecule has 0 fully saturated rings. The highest BCUT2D eigenvalue weighted by molar-refractivity contribution is 6.04. The van der Waals surface area contributed by atoms with Crippen molar-refractivity contribution in [2.75, 3.05) is 30.9 Å². The molecule has 23 heavy (non-hydrogen) atoms. The summed E-state index contributed by atoms with van der Waals surface area (Å²) in [5, 5.41) is 6.23. The molecule has 0 aliphatic carbocycles. The van der Waals surface area contributed by atoms with Crippen molar-refractivity contribution in [3.63, 3.8) is 0 Å². The maximum absolute atomic E-state index is 12.3. The van der Waals surface area contributed by atoms with Crippen LogP contribution in [0.15, 0.2) is 42.5 Å². The van der Waals surface area contributed by atoms with E-state index in [1.165, 1.54) is 5.56 Å². The maximum atomic E-state index is 12.3. The van der Waals surface area contributed by atoms with Gasteiger partial charge in [-0.05, 0) is 67.8 Å². The number of methoxy groups -OCH3 is 1. The minimum Gasteiger partial charge on any atom is -0.385 e. The van der Waals surface area contributed by atoms with Crippen LogP contribution in [0, 0.1) is 13.8 Å².